The van der Waals surface area contributed by atoms with Gasteiger partial charge in [-0.3, -0.25) is 4.79 Å². The molecule has 0 saturated heterocycles. The Labute approximate surface area is 472 Å². The van der Waals surface area contributed by atoms with Gasteiger partial charge in [-0.2, -0.15) is 0 Å². The minimum Gasteiger partial charge on any atom is -0.483 e. The first-order valence-corrected chi connectivity index (χ1v) is 31.5. The van der Waals surface area contributed by atoms with E-state index in [2.05, 4.69) is 364 Å². The highest BCUT2D eigenvalue weighted by atomic mass is 31.1. The molecule has 0 saturated carbocycles. The molecule has 0 aliphatic heterocycles. The van der Waals surface area contributed by atoms with Crippen molar-refractivity contribution in [1.29, 1.82) is 0 Å². The standard InChI is InChI=1S/4C18H15P.CH2O2/c4*1-4-10-16(11-5-1)19(17-12-6-2-7-13-17)18-14-8-3-9-15-18;2-1-3/h4*1-15H;1H,(H,2,3). The van der Waals surface area contributed by atoms with Gasteiger partial charge in [-0.15, -0.1) is 0 Å². The molecule has 0 aliphatic rings. The summed E-state index contributed by atoms with van der Waals surface area (Å²) in [5.74, 6) is 0. The Kier molecular flexibility index (Phi) is 23.5. The molecule has 0 radical (unpaired) electrons. The van der Waals surface area contributed by atoms with Crippen LogP contribution in [0.3, 0.4) is 0 Å². The Bertz CT molecular complexity index is 2640. The second-order valence-electron chi connectivity index (χ2n) is 17.5. The smallest absolute Gasteiger partial charge is 0.290 e. The minimum absolute atomic E-state index is 0.250. The van der Waals surface area contributed by atoms with Crippen molar-refractivity contribution >= 4 is 102 Å². The van der Waals surface area contributed by atoms with E-state index in [-0.39, 0.29) is 6.47 Å². The van der Waals surface area contributed by atoms with E-state index in [0.717, 1.165) is 0 Å². The van der Waals surface area contributed by atoms with E-state index in [0.29, 0.717) is 0 Å². The van der Waals surface area contributed by atoms with Gasteiger partial charge in [0.05, 0.1) is 0 Å². The van der Waals surface area contributed by atoms with E-state index in [4.69, 9.17) is 9.90 Å². The molecular formula is C73H62O2P4. The van der Waals surface area contributed by atoms with Crippen LogP contribution in [0.25, 0.3) is 0 Å². The fraction of sp³-hybridized carbons (Fsp3) is 0. The summed E-state index contributed by atoms with van der Waals surface area (Å²) in [6.45, 7) is -0.250. The van der Waals surface area contributed by atoms with Crippen LogP contribution < -0.4 is 63.7 Å². The van der Waals surface area contributed by atoms with Crippen LogP contribution in [-0.2, 0) is 4.79 Å². The first kappa shape index (κ1) is 57.0. The van der Waals surface area contributed by atoms with Crippen LogP contribution in [0.5, 0.6) is 0 Å². The van der Waals surface area contributed by atoms with Crippen LogP contribution in [0, 0.1) is 0 Å². The highest BCUT2D eigenvalue weighted by molar-refractivity contribution is 7.81. The van der Waals surface area contributed by atoms with Crippen LogP contribution in [0.1, 0.15) is 0 Å². The molecule has 0 bridgehead atoms. The third kappa shape index (κ3) is 17.4. The van der Waals surface area contributed by atoms with E-state index in [1.54, 1.807) is 0 Å². The van der Waals surface area contributed by atoms with E-state index in [1.807, 2.05) is 0 Å². The molecule has 0 fully saturated rings. The lowest BCUT2D eigenvalue weighted by Gasteiger charge is -2.18. The molecule has 12 aromatic carbocycles. The van der Waals surface area contributed by atoms with Gasteiger partial charge in [0.25, 0.3) is 6.47 Å². The Morgan fingerprint density at radius 3 is 0.291 bits per heavy atom. The third-order valence-electron chi connectivity index (χ3n) is 12.2. The Morgan fingerprint density at radius 1 is 0.165 bits per heavy atom. The molecule has 0 spiro atoms. The number of carbonyl (C=O) groups is 1. The Balaban J connectivity index is 0.000000136. The van der Waals surface area contributed by atoms with Gasteiger partial charge in [-0.1, -0.05) is 364 Å². The predicted octanol–water partition coefficient (Wildman–Crippen LogP) is 13.5. The molecule has 0 unspecified atom stereocenters. The maximum Gasteiger partial charge on any atom is 0.290 e. The molecule has 1 N–H and O–H groups in total. The molecule has 12 rings (SSSR count). The SMILES string of the molecule is O=CO.c1ccc(P(c2ccccc2)c2ccccc2)cc1.c1ccc(P(c2ccccc2)c2ccccc2)cc1.c1ccc(P(c2ccccc2)c2ccccc2)cc1.c1ccc(P(c2ccccc2)c2ccccc2)cc1. The summed E-state index contributed by atoms with van der Waals surface area (Å²) < 4.78 is 0. The summed E-state index contributed by atoms with van der Waals surface area (Å²) in [4.78, 5) is 8.36. The van der Waals surface area contributed by atoms with Crippen molar-refractivity contribution in [2.75, 3.05) is 0 Å². The molecule has 79 heavy (non-hydrogen) atoms. The van der Waals surface area contributed by atoms with Crippen LogP contribution in [0.15, 0.2) is 364 Å². The number of benzene rings is 12. The van der Waals surface area contributed by atoms with Crippen LogP contribution in [-0.4, -0.2) is 11.6 Å². The van der Waals surface area contributed by atoms with Crippen LogP contribution in [0.4, 0.5) is 0 Å². The topological polar surface area (TPSA) is 37.3 Å². The van der Waals surface area contributed by atoms with E-state index >= 15 is 0 Å². The summed E-state index contributed by atoms with van der Waals surface area (Å²) in [6.07, 6.45) is 0. The van der Waals surface area contributed by atoms with Crippen molar-refractivity contribution in [2.45, 2.75) is 0 Å². The van der Waals surface area contributed by atoms with Gasteiger partial charge in [-0.05, 0) is 95.3 Å². The molecule has 2 nitrogen and oxygen atoms in total. The van der Waals surface area contributed by atoms with Crippen molar-refractivity contribution in [3.05, 3.63) is 364 Å². The zero-order chi connectivity index (χ0) is 54.4. The zero-order valence-corrected chi connectivity index (χ0v) is 47.4. The maximum atomic E-state index is 8.36. The molecule has 6 heteroatoms. The summed E-state index contributed by atoms with van der Waals surface area (Å²) >= 11 is 0. The van der Waals surface area contributed by atoms with Crippen molar-refractivity contribution < 1.29 is 9.90 Å². The summed E-state index contributed by atoms with van der Waals surface area (Å²) in [5, 5.41) is 23.7. The Hall–Kier alpha value is -8.17. The van der Waals surface area contributed by atoms with Crippen molar-refractivity contribution in [3.63, 3.8) is 0 Å². The van der Waals surface area contributed by atoms with Gasteiger partial charge in [-0.25, -0.2) is 0 Å². The summed E-state index contributed by atoms with van der Waals surface area (Å²) in [6, 6.07) is 129. The van der Waals surface area contributed by atoms with E-state index < -0.39 is 31.7 Å². The number of hydrogen-bond donors (Lipinski definition) is 1. The van der Waals surface area contributed by atoms with Crippen molar-refractivity contribution in [2.24, 2.45) is 0 Å². The van der Waals surface area contributed by atoms with E-state index in [1.165, 1.54) is 63.7 Å². The minimum atomic E-state index is -0.446. The maximum absolute atomic E-state index is 8.36. The van der Waals surface area contributed by atoms with E-state index in [9.17, 15) is 0 Å². The number of hydrogen-bond acceptors (Lipinski definition) is 1. The zero-order valence-electron chi connectivity index (χ0n) is 43.9. The Morgan fingerprint density at radius 2 is 0.228 bits per heavy atom. The molecular weight excluding hydrogens is 1030 g/mol. The highest BCUT2D eigenvalue weighted by Gasteiger charge is 2.18. The summed E-state index contributed by atoms with van der Waals surface area (Å²) in [5.41, 5.74) is 0. The monoisotopic (exact) mass is 1090 g/mol. The molecule has 0 aromatic heterocycles. The average Bonchev–Trinajstić information content (AvgIpc) is 3.55. The van der Waals surface area contributed by atoms with Crippen LogP contribution >= 0.6 is 31.7 Å². The van der Waals surface area contributed by atoms with Crippen molar-refractivity contribution in [1.82, 2.24) is 0 Å². The van der Waals surface area contributed by atoms with Gasteiger partial charge < -0.3 is 5.11 Å². The average molecular weight is 1100 g/mol. The van der Waals surface area contributed by atoms with Gasteiger partial charge in [0.1, 0.15) is 0 Å². The van der Waals surface area contributed by atoms with Gasteiger partial charge in [0.15, 0.2) is 0 Å². The second kappa shape index (κ2) is 32.5. The first-order chi connectivity index (χ1) is 39.2. The van der Waals surface area contributed by atoms with Crippen molar-refractivity contribution in [3.8, 4) is 0 Å². The number of rotatable bonds is 12. The first-order valence-electron chi connectivity index (χ1n) is 26.1. The normalized spacial score (nSPS) is 10.3. The fourth-order valence-corrected chi connectivity index (χ4v) is 17.9. The largest absolute Gasteiger partial charge is 0.483 e. The lowest BCUT2D eigenvalue weighted by molar-refractivity contribution is -0.122. The van der Waals surface area contributed by atoms with Gasteiger partial charge >= 0.3 is 0 Å². The highest BCUT2D eigenvalue weighted by Crippen LogP contribution is 2.35. The quantitative estimate of drug-likeness (QED) is 0.0978. The molecule has 0 aliphatic carbocycles. The van der Waals surface area contributed by atoms with Crippen LogP contribution in [0.2, 0.25) is 0 Å². The molecule has 12 aromatic rings. The lowest BCUT2D eigenvalue weighted by atomic mass is 10.4. The predicted molar refractivity (Wildman–Crippen MR) is 349 cm³/mol. The third-order valence-corrected chi connectivity index (χ3v) is 21.9. The summed E-state index contributed by atoms with van der Waals surface area (Å²) in [7, 11) is -1.78. The molecule has 0 heterocycles. The number of carboxylic acid groups (broad SMARTS) is 1. The van der Waals surface area contributed by atoms with Gasteiger partial charge in [0, 0.05) is 0 Å². The fourth-order valence-electron chi connectivity index (χ4n) is 8.71. The molecule has 386 valence electrons. The second-order valence-corrected chi connectivity index (χ2v) is 26.4. The molecule has 0 amide bonds. The lowest BCUT2D eigenvalue weighted by Crippen LogP contribution is -2.20. The van der Waals surface area contributed by atoms with Gasteiger partial charge in [0.2, 0.25) is 0 Å². The molecule has 0 atom stereocenters.